The van der Waals surface area contributed by atoms with E-state index in [9.17, 15) is 4.79 Å². The minimum Gasteiger partial charge on any atom is -0.497 e. The number of methoxy groups -OCH3 is 1. The number of ether oxygens (including phenoxy) is 1. The van der Waals surface area contributed by atoms with Crippen molar-refractivity contribution in [3.05, 3.63) is 82.3 Å². The number of carbonyl (C=O) groups excluding carboxylic acids is 1. The predicted octanol–water partition coefficient (Wildman–Crippen LogP) is 5.53. The lowest BCUT2D eigenvalue weighted by atomic mass is 9.82. The zero-order valence-corrected chi connectivity index (χ0v) is 18.2. The second kappa shape index (κ2) is 7.82. The van der Waals surface area contributed by atoms with Crippen LogP contribution in [0.4, 0.5) is 0 Å². The zero-order chi connectivity index (χ0) is 21.5. The Morgan fingerprint density at radius 3 is 2.68 bits per heavy atom. The molecule has 5 rings (SSSR count). The highest BCUT2D eigenvalue weighted by Crippen LogP contribution is 2.35. The van der Waals surface area contributed by atoms with Crippen LogP contribution in [0.2, 0.25) is 5.02 Å². The van der Waals surface area contributed by atoms with Gasteiger partial charge in [-0.1, -0.05) is 42.8 Å². The molecule has 2 heterocycles. The van der Waals surface area contributed by atoms with E-state index < -0.39 is 0 Å². The van der Waals surface area contributed by atoms with Crippen molar-refractivity contribution in [1.29, 1.82) is 0 Å². The maximum atomic E-state index is 13.0. The van der Waals surface area contributed by atoms with E-state index in [4.69, 9.17) is 26.4 Å². The van der Waals surface area contributed by atoms with Crippen LogP contribution in [-0.4, -0.2) is 27.5 Å². The Morgan fingerprint density at radius 2 is 1.97 bits per heavy atom. The Labute approximate surface area is 185 Å². The van der Waals surface area contributed by atoms with Crippen LogP contribution in [0.15, 0.2) is 54.7 Å². The number of benzene rings is 2. The van der Waals surface area contributed by atoms with E-state index in [-0.39, 0.29) is 11.7 Å². The predicted molar refractivity (Wildman–Crippen MR) is 121 cm³/mol. The van der Waals surface area contributed by atoms with Gasteiger partial charge in [0.25, 0.3) is 0 Å². The standard InChI is InChI=1S/C25H22ClN3O2/c1-3-21-24(15-7-9-19(31-2)10-8-15)25-27-22-12-17(16-5-4-6-18(26)11-16)13-23(30)20(22)14-29(25)28-21/h4-11,14,17H,3,12-13H2,1-2H3. The first-order valence-corrected chi connectivity index (χ1v) is 10.8. The molecule has 1 unspecified atom stereocenters. The van der Waals surface area contributed by atoms with Crippen molar-refractivity contribution in [2.24, 2.45) is 0 Å². The molecule has 1 atom stereocenters. The Bertz CT molecular complexity index is 1290. The van der Waals surface area contributed by atoms with Crippen molar-refractivity contribution < 1.29 is 9.53 Å². The molecule has 4 aromatic rings. The van der Waals surface area contributed by atoms with Gasteiger partial charge in [-0.2, -0.15) is 5.10 Å². The highest BCUT2D eigenvalue weighted by molar-refractivity contribution is 6.30. The lowest BCUT2D eigenvalue weighted by Gasteiger charge is -2.23. The average Bonchev–Trinajstić information content (AvgIpc) is 3.15. The summed E-state index contributed by atoms with van der Waals surface area (Å²) in [4.78, 5) is 17.9. The molecule has 156 valence electrons. The summed E-state index contributed by atoms with van der Waals surface area (Å²) in [5.41, 5.74) is 6.34. The number of nitrogens with zero attached hydrogens (tertiary/aromatic N) is 3. The summed E-state index contributed by atoms with van der Waals surface area (Å²) >= 11 is 6.19. The number of Topliss-reactive ketones (excluding diaryl/α,β-unsaturated/α-hetero) is 1. The van der Waals surface area contributed by atoms with Gasteiger partial charge in [-0.05, 0) is 54.2 Å². The minimum atomic E-state index is 0.0756. The van der Waals surface area contributed by atoms with E-state index in [1.54, 1.807) is 11.6 Å². The van der Waals surface area contributed by atoms with Crippen LogP contribution in [0.3, 0.4) is 0 Å². The molecular weight excluding hydrogens is 410 g/mol. The molecule has 1 aliphatic rings. The number of hydrogen-bond acceptors (Lipinski definition) is 4. The normalized spacial score (nSPS) is 15.8. The molecule has 5 nitrogen and oxygen atoms in total. The Morgan fingerprint density at radius 1 is 1.16 bits per heavy atom. The molecule has 0 fully saturated rings. The molecule has 0 saturated carbocycles. The fourth-order valence-electron chi connectivity index (χ4n) is 4.38. The number of halogens is 1. The van der Waals surface area contributed by atoms with Crippen molar-refractivity contribution in [3.8, 4) is 16.9 Å². The average molecular weight is 432 g/mol. The van der Waals surface area contributed by atoms with Crippen molar-refractivity contribution in [2.75, 3.05) is 7.11 Å². The summed E-state index contributed by atoms with van der Waals surface area (Å²) in [6, 6.07) is 15.7. The summed E-state index contributed by atoms with van der Waals surface area (Å²) in [6.45, 7) is 2.08. The third-order valence-corrected chi connectivity index (χ3v) is 6.20. The summed E-state index contributed by atoms with van der Waals surface area (Å²) in [5, 5.41) is 5.42. The van der Waals surface area contributed by atoms with Crippen LogP contribution in [0.5, 0.6) is 5.75 Å². The van der Waals surface area contributed by atoms with E-state index in [2.05, 4.69) is 6.92 Å². The number of fused-ring (bicyclic) bond motifs is 2. The van der Waals surface area contributed by atoms with Crippen LogP contribution >= 0.6 is 11.6 Å². The molecule has 0 N–H and O–H groups in total. The number of aryl methyl sites for hydroxylation is 1. The molecule has 0 amide bonds. The quantitative estimate of drug-likeness (QED) is 0.426. The van der Waals surface area contributed by atoms with E-state index in [0.717, 1.165) is 45.9 Å². The third-order valence-electron chi connectivity index (χ3n) is 5.97. The van der Waals surface area contributed by atoms with Crippen LogP contribution in [0.25, 0.3) is 16.8 Å². The second-order valence-corrected chi connectivity index (χ2v) is 8.29. The highest BCUT2D eigenvalue weighted by Gasteiger charge is 2.29. The van der Waals surface area contributed by atoms with Crippen LogP contribution in [0, 0.1) is 0 Å². The Balaban J connectivity index is 1.63. The van der Waals surface area contributed by atoms with Gasteiger partial charge in [0.2, 0.25) is 0 Å². The Hall–Kier alpha value is -3.18. The minimum absolute atomic E-state index is 0.0756. The second-order valence-electron chi connectivity index (χ2n) is 7.86. The smallest absolute Gasteiger partial charge is 0.166 e. The van der Waals surface area contributed by atoms with Gasteiger partial charge in [0, 0.05) is 23.2 Å². The van der Waals surface area contributed by atoms with Crippen molar-refractivity contribution in [3.63, 3.8) is 0 Å². The first-order chi connectivity index (χ1) is 15.1. The number of rotatable bonds is 4. The van der Waals surface area contributed by atoms with Gasteiger partial charge in [-0.25, -0.2) is 9.50 Å². The molecule has 0 bridgehead atoms. The van der Waals surface area contributed by atoms with Crippen LogP contribution < -0.4 is 4.74 Å². The lowest BCUT2D eigenvalue weighted by molar-refractivity contribution is 0.0962. The Kier molecular flexibility index (Phi) is 4.98. The van der Waals surface area contributed by atoms with Gasteiger partial charge in [-0.15, -0.1) is 0 Å². The topological polar surface area (TPSA) is 56.5 Å². The molecular formula is C25H22ClN3O2. The third kappa shape index (κ3) is 3.49. The summed E-state index contributed by atoms with van der Waals surface area (Å²) in [6.07, 6.45) is 3.77. The maximum absolute atomic E-state index is 13.0. The lowest BCUT2D eigenvalue weighted by Crippen LogP contribution is -2.21. The molecule has 0 spiro atoms. The molecule has 0 aliphatic heterocycles. The first kappa shape index (κ1) is 19.8. The first-order valence-electron chi connectivity index (χ1n) is 10.4. The van der Waals surface area contributed by atoms with E-state index >= 15 is 0 Å². The fraction of sp³-hybridized carbons (Fsp3) is 0.240. The van der Waals surface area contributed by atoms with Gasteiger partial charge < -0.3 is 4.74 Å². The van der Waals surface area contributed by atoms with Crippen molar-refractivity contribution in [1.82, 2.24) is 14.6 Å². The van der Waals surface area contributed by atoms with Gasteiger partial charge in [0.05, 0.1) is 24.1 Å². The van der Waals surface area contributed by atoms with E-state index in [0.29, 0.717) is 23.4 Å². The molecule has 2 aromatic carbocycles. The molecule has 1 aliphatic carbocycles. The largest absolute Gasteiger partial charge is 0.497 e. The zero-order valence-electron chi connectivity index (χ0n) is 17.4. The van der Waals surface area contributed by atoms with Crippen LogP contribution in [-0.2, 0) is 12.8 Å². The van der Waals surface area contributed by atoms with E-state index in [1.165, 1.54) is 0 Å². The van der Waals surface area contributed by atoms with Gasteiger partial charge in [0.1, 0.15) is 5.75 Å². The summed E-state index contributed by atoms with van der Waals surface area (Å²) in [7, 11) is 1.66. The number of carbonyl (C=O) groups is 1. The molecule has 0 radical (unpaired) electrons. The fourth-order valence-corrected chi connectivity index (χ4v) is 4.58. The van der Waals surface area contributed by atoms with E-state index in [1.807, 2.05) is 54.7 Å². The SMILES string of the molecule is CCc1nn2cc3c(nc2c1-c1ccc(OC)cc1)CC(c1cccc(Cl)c1)CC3=O. The van der Waals surface area contributed by atoms with Crippen molar-refractivity contribution in [2.45, 2.75) is 32.1 Å². The number of ketones is 1. The van der Waals surface area contributed by atoms with Crippen LogP contribution in [0.1, 0.15) is 46.6 Å². The molecule has 0 saturated heterocycles. The summed E-state index contributed by atoms with van der Waals surface area (Å²) in [5.74, 6) is 0.977. The number of aromatic nitrogens is 3. The monoisotopic (exact) mass is 431 g/mol. The molecule has 6 heteroatoms. The maximum Gasteiger partial charge on any atom is 0.166 e. The van der Waals surface area contributed by atoms with Gasteiger partial charge in [0.15, 0.2) is 11.4 Å². The van der Waals surface area contributed by atoms with Crippen molar-refractivity contribution >= 4 is 23.0 Å². The number of hydrogen-bond donors (Lipinski definition) is 0. The van der Waals surface area contributed by atoms with Gasteiger partial charge in [-0.3, -0.25) is 4.79 Å². The molecule has 2 aromatic heterocycles. The highest BCUT2D eigenvalue weighted by atomic mass is 35.5. The summed E-state index contributed by atoms with van der Waals surface area (Å²) < 4.78 is 7.05. The van der Waals surface area contributed by atoms with Gasteiger partial charge >= 0.3 is 0 Å². The molecule has 31 heavy (non-hydrogen) atoms.